The Morgan fingerprint density at radius 3 is 3.00 bits per heavy atom. The van der Waals surface area contributed by atoms with Gasteiger partial charge in [0.15, 0.2) is 0 Å². The van der Waals surface area contributed by atoms with E-state index in [0.29, 0.717) is 0 Å². The van der Waals surface area contributed by atoms with Crippen LogP contribution in [-0.2, 0) is 18.6 Å². The largest absolute Gasteiger partial charge is 1.00 e. The van der Waals surface area contributed by atoms with Gasteiger partial charge < -0.3 is 2.85 Å². The van der Waals surface area contributed by atoms with Gasteiger partial charge in [-0.15, -0.1) is 0 Å². The molecule has 0 radical (unpaired) electrons. The second kappa shape index (κ2) is 2.47. The van der Waals surface area contributed by atoms with Crippen LogP contribution in [0, 0.1) is 0 Å². The second-order valence-corrected chi connectivity index (χ2v) is 3.76. The van der Waals surface area contributed by atoms with Crippen molar-refractivity contribution in [3.8, 4) is 0 Å². The third-order valence-corrected chi connectivity index (χ3v) is 3.03. The van der Waals surface area contributed by atoms with Crippen molar-refractivity contribution in [3.63, 3.8) is 0 Å². The Balaban J connectivity index is 0. The van der Waals surface area contributed by atoms with E-state index in [9.17, 15) is 0 Å². The molecule has 1 rings (SSSR count). The predicted molar refractivity (Wildman–Crippen MR) is 29.9 cm³/mol. The van der Waals surface area contributed by atoms with Crippen molar-refractivity contribution < 1.29 is 21.4 Å². The van der Waals surface area contributed by atoms with Crippen molar-refractivity contribution in [2.24, 2.45) is 0 Å². The van der Waals surface area contributed by atoms with Gasteiger partial charge in [-0.05, 0) is 0 Å². The van der Waals surface area contributed by atoms with Gasteiger partial charge in [-0.25, -0.2) is 0 Å². The van der Waals surface area contributed by atoms with Gasteiger partial charge >= 0.3 is 52.5 Å². The maximum atomic E-state index is 2.32. The summed E-state index contributed by atoms with van der Waals surface area (Å²) in [5, 5.41) is 2.32. The molecule has 0 aromatic carbocycles. The van der Waals surface area contributed by atoms with Gasteiger partial charge in [-0.3, -0.25) is 0 Å². The molecule has 0 aromatic heterocycles. The summed E-state index contributed by atoms with van der Waals surface area (Å²) in [5.74, 6) is 0. The van der Waals surface area contributed by atoms with Crippen LogP contribution in [0.2, 0.25) is 5.31 Å². The standard InChI is InChI=1S/C5H5.CH3.Mo.2H/c1-2-4-5-3-1;;;;/h1-3H,4H2;1H3;;;/q;;;2*-1. The van der Waals surface area contributed by atoms with Crippen LogP contribution in [-0.4, -0.2) is 0 Å². The molecule has 0 amide bonds. The summed E-state index contributed by atoms with van der Waals surface area (Å²) in [6.07, 6.45) is 7.88. The van der Waals surface area contributed by atoms with Gasteiger partial charge in [0, 0.05) is 0 Å². The minimum atomic E-state index is 0. The SMILES string of the molecule is [CH3][Mo][C]1=CC=CC1.[H-].[H-]. The monoisotopic (exact) mass is 180 g/mol. The molecule has 0 saturated heterocycles. The van der Waals surface area contributed by atoms with Crippen molar-refractivity contribution in [3.05, 3.63) is 22.2 Å². The minimum absolute atomic E-state index is 0. The van der Waals surface area contributed by atoms with E-state index in [-0.39, 0.29) is 21.4 Å². The third kappa shape index (κ3) is 1.27. The van der Waals surface area contributed by atoms with E-state index in [2.05, 4.69) is 23.5 Å². The fraction of sp³-hybridized carbons (Fsp3) is 0.333. The van der Waals surface area contributed by atoms with Crippen molar-refractivity contribution in [1.29, 1.82) is 0 Å². The zero-order valence-electron chi connectivity index (χ0n) is 6.35. The van der Waals surface area contributed by atoms with Crippen LogP contribution >= 0.6 is 0 Å². The fourth-order valence-corrected chi connectivity index (χ4v) is 1.75. The molecule has 0 bridgehead atoms. The first-order chi connectivity index (χ1) is 3.43. The quantitative estimate of drug-likeness (QED) is 0.540. The van der Waals surface area contributed by atoms with E-state index in [0.717, 1.165) is 0 Å². The number of hydrogen-bond donors (Lipinski definition) is 0. The van der Waals surface area contributed by atoms with E-state index in [1.54, 1.807) is 3.96 Å². The Labute approximate surface area is 55.8 Å². The fourth-order valence-electron chi connectivity index (χ4n) is 0.579. The first-order valence-electron chi connectivity index (χ1n) is 2.33. The van der Waals surface area contributed by atoms with Gasteiger partial charge in [-0.2, -0.15) is 0 Å². The van der Waals surface area contributed by atoms with E-state index >= 15 is 0 Å². The van der Waals surface area contributed by atoms with Gasteiger partial charge in [0.1, 0.15) is 0 Å². The van der Waals surface area contributed by atoms with E-state index < -0.39 is 0 Å². The van der Waals surface area contributed by atoms with Gasteiger partial charge in [0.25, 0.3) is 0 Å². The van der Waals surface area contributed by atoms with Crippen LogP contribution in [0.1, 0.15) is 9.27 Å². The molecule has 0 N–H and O–H groups in total. The van der Waals surface area contributed by atoms with Crippen molar-refractivity contribution >= 4 is 0 Å². The van der Waals surface area contributed by atoms with Crippen LogP contribution < -0.4 is 0 Å². The van der Waals surface area contributed by atoms with Crippen LogP contribution in [0.15, 0.2) is 22.2 Å². The Morgan fingerprint density at radius 2 is 2.71 bits per heavy atom. The smallest absolute Gasteiger partial charge is 1.00 e. The molecule has 0 heterocycles. The molecule has 0 unspecified atom stereocenters. The Bertz CT molecular complexity index is 118. The topological polar surface area (TPSA) is 0 Å². The van der Waals surface area contributed by atoms with Crippen LogP contribution in [0.25, 0.3) is 0 Å². The second-order valence-electron chi connectivity index (χ2n) is 1.47. The minimum Gasteiger partial charge on any atom is -1.00 e. The van der Waals surface area contributed by atoms with E-state index in [1.165, 1.54) is 6.42 Å². The molecule has 0 fully saturated rings. The molecular weight excluding hydrogens is 168 g/mol. The summed E-state index contributed by atoms with van der Waals surface area (Å²) >= 11 is 0.255. The third-order valence-electron chi connectivity index (χ3n) is 0.999. The van der Waals surface area contributed by atoms with Crippen molar-refractivity contribution in [1.82, 2.24) is 0 Å². The summed E-state index contributed by atoms with van der Waals surface area (Å²) in [6, 6.07) is 0. The van der Waals surface area contributed by atoms with Crippen molar-refractivity contribution in [2.75, 3.05) is 0 Å². The summed E-state index contributed by atoms with van der Waals surface area (Å²) < 4.78 is 1.69. The number of rotatable bonds is 1. The first kappa shape index (κ1) is 5.31. The molecule has 0 aromatic rings. The number of hydrogen-bond acceptors (Lipinski definition) is 0. The van der Waals surface area contributed by atoms with Crippen LogP contribution in [0.5, 0.6) is 0 Å². The van der Waals surface area contributed by atoms with E-state index in [4.69, 9.17) is 0 Å². The molecule has 1 aliphatic rings. The maximum Gasteiger partial charge on any atom is -1.00 e. The summed E-state index contributed by atoms with van der Waals surface area (Å²) in [5.41, 5.74) is 0. The van der Waals surface area contributed by atoms with Gasteiger partial charge in [0.05, 0.1) is 0 Å². The molecular formula is C6H10Mo-2. The molecule has 0 nitrogen and oxygen atoms in total. The maximum absolute atomic E-state index is 2.32. The molecule has 1 aliphatic carbocycles. The first-order valence-corrected chi connectivity index (χ1v) is 5.34. The zero-order chi connectivity index (χ0) is 5.11. The number of allylic oxidation sites excluding steroid dienone is 4. The zero-order valence-corrected chi connectivity index (χ0v) is 6.35. The van der Waals surface area contributed by atoms with Crippen molar-refractivity contribution in [2.45, 2.75) is 11.7 Å². The normalized spacial score (nSPS) is 17.6. The Kier molecular flexibility index (Phi) is 1.87. The molecule has 1 heteroatoms. The molecule has 0 atom stereocenters. The summed E-state index contributed by atoms with van der Waals surface area (Å²) in [4.78, 5) is 0. The molecule has 0 aliphatic heterocycles. The van der Waals surface area contributed by atoms with Gasteiger partial charge in [0.2, 0.25) is 0 Å². The average Bonchev–Trinajstić information content (AvgIpc) is 2.14. The molecule has 42 valence electrons. The molecule has 7 heavy (non-hydrogen) atoms. The molecule has 0 spiro atoms. The van der Waals surface area contributed by atoms with Crippen LogP contribution in [0.3, 0.4) is 0 Å². The average molecular weight is 178 g/mol. The molecule has 0 saturated carbocycles. The van der Waals surface area contributed by atoms with Gasteiger partial charge in [-0.1, -0.05) is 0 Å². The summed E-state index contributed by atoms with van der Waals surface area (Å²) in [7, 11) is 0. The predicted octanol–water partition coefficient (Wildman–Crippen LogP) is 2.19. The van der Waals surface area contributed by atoms with E-state index in [1.807, 2.05) is 0 Å². The Hall–Kier alpha value is 0.168. The van der Waals surface area contributed by atoms with Crippen LogP contribution in [0.4, 0.5) is 0 Å². The Morgan fingerprint density at radius 1 is 1.86 bits per heavy atom. The summed E-state index contributed by atoms with van der Waals surface area (Å²) in [6.45, 7) is 0.